The SMILES string of the molecule is COc1ccc(COCCC(C)(C)C)cc1C#N. The molecule has 0 aliphatic rings. The maximum atomic E-state index is 8.98. The van der Waals surface area contributed by atoms with Gasteiger partial charge >= 0.3 is 0 Å². The van der Waals surface area contributed by atoms with Crippen molar-refractivity contribution in [3.8, 4) is 11.8 Å². The van der Waals surface area contributed by atoms with Crippen molar-refractivity contribution < 1.29 is 9.47 Å². The lowest BCUT2D eigenvalue weighted by Crippen LogP contribution is -2.09. The van der Waals surface area contributed by atoms with Crippen LogP contribution in [0.25, 0.3) is 0 Å². The maximum Gasteiger partial charge on any atom is 0.136 e. The van der Waals surface area contributed by atoms with Gasteiger partial charge in [-0.15, -0.1) is 0 Å². The Kier molecular flexibility index (Phi) is 5.18. The lowest BCUT2D eigenvalue weighted by Gasteiger charge is -2.17. The molecule has 0 N–H and O–H groups in total. The summed E-state index contributed by atoms with van der Waals surface area (Å²) in [6, 6.07) is 7.67. The Morgan fingerprint density at radius 3 is 2.56 bits per heavy atom. The van der Waals surface area contributed by atoms with E-state index in [4.69, 9.17) is 14.7 Å². The topological polar surface area (TPSA) is 42.2 Å². The molecular weight excluding hydrogens is 226 g/mol. The Bertz CT molecular complexity index is 427. The molecule has 0 aliphatic heterocycles. The Labute approximate surface area is 109 Å². The predicted octanol–water partition coefficient (Wildman–Crippen LogP) is 3.52. The van der Waals surface area contributed by atoms with Crippen LogP contribution in [-0.4, -0.2) is 13.7 Å². The van der Waals surface area contributed by atoms with E-state index < -0.39 is 0 Å². The van der Waals surface area contributed by atoms with Crippen molar-refractivity contribution in [1.29, 1.82) is 5.26 Å². The minimum absolute atomic E-state index is 0.289. The van der Waals surface area contributed by atoms with Crippen molar-refractivity contribution in [1.82, 2.24) is 0 Å². The van der Waals surface area contributed by atoms with Crippen LogP contribution in [0.3, 0.4) is 0 Å². The van der Waals surface area contributed by atoms with E-state index in [1.165, 1.54) is 0 Å². The molecule has 1 rings (SSSR count). The van der Waals surface area contributed by atoms with E-state index in [1.807, 2.05) is 12.1 Å². The lowest BCUT2D eigenvalue weighted by atomic mass is 9.93. The largest absolute Gasteiger partial charge is 0.495 e. The Balaban J connectivity index is 2.51. The summed E-state index contributed by atoms with van der Waals surface area (Å²) in [5.74, 6) is 0.607. The van der Waals surface area contributed by atoms with Gasteiger partial charge in [0.1, 0.15) is 11.8 Å². The Morgan fingerprint density at radius 2 is 2.00 bits per heavy atom. The number of nitriles is 1. The maximum absolute atomic E-state index is 8.98. The second-order valence-corrected chi connectivity index (χ2v) is 5.51. The zero-order valence-electron chi connectivity index (χ0n) is 11.6. The quantitative estimate of drug-likeness (QED) is 0.748. The first-order valence-electron chi connectivity index (χ1n) is 6.11. The van der Waals surface area contributed by atoms with Gasteiger partial charge < -0.3 is 9.47 Å². The average Bonchev–Trinajstić information content (AvgIpc) is 2.33. The lowest BCUT2D eigenvalue weighted by molar-refractivity contribution is 0.0962. The summed E-state index contributed by atoms with van der Waals surface area (Å²) in [5, 5.41) is 8.98. The highest BCUT2D eigenvalue weighted by atomic mass is 16.5. The van der Waals surface area contributed by atoms with Gasteiger partial charge in [0, 0.05) is 6.61 Å². The third kappa shape index (κ3) is 4.77. The van der Waals surface area contributed by atoms with E-state index in [1.54, 1.807) is 13.2 Å². The third-order valence-corrected chi connectivity index (χ3v) is 2.65. The molecule has 0 aliphatic carbocycles. The van der Waals surface area contributed by atoms with Gasteiger partial charge in [-0.1, -0.05) is 26.8 Å². The standard InChI is InChI=1S/C15H21NO2/c1-15(2,3)7-8-18-11-12-5-6-14(17-4)13(9-12)10-16/h5-6,9H,7-8,11H2,1-4H3. The molecule has 0 spiro atoms. The molecule has 0 fully saturated rings. The van der Waals surface area contributed by atoms with Gasteiger partial charge in [0.15, 0.2) is 0 Å². The Morgan fingerprint density at radius 1 is 1.28 bits per heavy atom. The van der Waals surface area contributed by atoms with Gasteiger partial charge in [-0.2, -0.15) is 5.26 Å². The minimum Gasteiger partial charge on any atom is -0.495 e. The van der Waals surface area contributed by atoms with Gasteiger partial charge in [-0.05, 0) is 29.5 Å². The molecule has 0 saturated carbocycles. The van der Waals surface area contributed by atoms with E-state index in [-0.39, 0.29) is 5.41 Å². The predicted molar refractivity (Wildman–Crippen MR) is 71.4 cm³/mol. The number of nitrogens with zero attached hydrogens (tertiary/aromatic N) is 1. The van der Waals surface area contributed by atoms with Crippen LogP contribution >= 0.6 is 0 Å². The molecule has 0 saturated heterocycles. The van der Waals surface area contributed by atoms with Crippen LogP contribution < -0.4 is 4.74 Å². The van der Waals surface area contributed by atoms with Crippen molar-refractivity contribution in [3.63, 3.8) is 0 Å². The number of hydrogen-bond acceptors (Lipinski definition) is 3. The molecule has 98 valence electrons. The molecular formula is C15H21NO2. The van der Waals surface area contributed by atoms with Crippen molar-refractivity contribution in [3.05, 3.63) is 29.3 Å². The fourth-order valence-corrected chi connectivity index (χ4v) is 1.50. The average molecular weight is 247 g/mol. The molecule has 3 nitrogen and oxygen atoms in total. The van der Waals surface area contributed by atoms with E-state index in [2.05, 4.69) is 26.8 Å². The molecule has 1 aromatic carbocycles. The van der Waals surface area contributed by atoms with Crippen LogP contribution in [0.5, 0.6) is 5.75 Å². The molecule has 0 radical (unpaired) electrons. The normalized spacial score (nSPS) is 11.1. The second kappa shape index (κ2) is 6.42. The first-order valence-corrected chi connectivity index (χ1v) is 6.11. The summed E-state index contributed by atoms with van der Waals surface area (Å²) in [5.41, 5.74) is 1.84. The summed E-state index contributed by atoms with van der Waals surface area (Å²) in [7, 11) is 1.57. The van der Waals surface area contributed by atoms with Crippen molar-refractivity contribution in [2.75, 3.05) is 13.7 Å². The van der Waals surface area contributed by atoms with E-state index in [0.29, 0.717) is 17.9 Å². The third-order valence-electron chi connectivity index (χ3n) is 2.65. The van der Waals surface area contributed by atoms with Crippen LogP contribution in [0.2, 0.25) is 0 Å². The molecule has 0 unspecified atom stereocenters. The van der Waals surface area contributed by atoms with Crippen LogP contribution in [0.1, 0.15) is 38.3 Å². The number of hydrogen-bond donors (Lipinski definition) is 0. The second-order valence-electron chi connectivity index (χ2n) is 5.51. The smallest absolute Gasteiger partial charge is 0.136 e. The molecule has 1 aromatic rings. The summed E-state index contributed by atoms with van der Waals surface area (Å²) < 4.78 is 10.7. The van der Waals surface area contributed by atoms with Gasteiger partial charge in [-0.3, -0.25) is 0 Å². The van der Waals surface area contributed by atoms with Gasteiger partial charge in [-0.25, -0.2) is 0 Å². The number of ether oxygens (including phenoxy) is 2. The van der Waals surface area contributed by atoms with Crippen molar-refractivity contribution in [2.24, 2.45) is 5.41 Å². The zero-order chi connectivity index (χ0) is 13.6. The Hall–Kier alpha value is -1.53. The highest BCUT2D eigenvalue weighted by molar-refractivity contribution is 5.45. The molecule has 0 atom stereocenters. The zero-order valence-corrected chi connectivity index (χ0v) is 11.6. The molecule has 3 heteroatoms. The van der Waals surface area contributed by atoms with Crippen LogP contribution in [-0.2, 0) is 11.3 Å². The molecule has 0 heterocycles. The highest BCUT2D eigenvalue weighted by Gasteiger charge is 2.09. The summed E-state index contributed by atoms with van der Waals surface area (Å²) >= 11 is 0. The van der Waals surface area contributed by atoms with Crippen LogP contribution in [0.15, 0.2) is 18.2 Å². The monoisotopic (exact) mass is 247 g/mol. The van der Waals surface area contributed by atoms with Crippen LogP contribution in [0, 0.1) is 16.7 Å². The number of rotatable bonds is 5. The fourth-order valence-electron chi connectivity index (χ4n) is 1.50. The molecule has 0 aromatic heterocycles. The highest BCUT2D eigenvalue weighted by Crippen LogP contribution is 2.20. The van der Waals surface area contributed by atoms with E-state index >= 15 is 0 Å². The fraction of sp³-hybridized carbons (Fsp3) is 0.533. The number of methoxy groups -OCH3 is 1. The first-order chi connectivity index (χ1) is 8.46. The van der Waals surface area contributed by atoms with Crippen LogP contribution in [0.4, 0.5) is 0 Å². The molecule has 18 heavy (non-hydrogen) atoms. The molecule has 0 bridgehead atoms. The summed E-state index contributed by atoms with van der Waals surface area (Å²) in [6.45, 7) is 7.85. The van der Waals surface area contributed by atoms with Crippen molar-refractivity contribution >= 4 is 0 Å². The summed E-state index contributed by atoms with van der Waals surface area (Å²) in [4.78, 5) is 0. The van der Waals surface area contributed by atoms with Gasteiger partial charge in [0.25, 0.3) is 0 Å². The molecule has 0 amide bonds. The van der Waals surface area contributed by atoms with Gasteiger partial charge in [0.2, 0.25) is 0 Å². The van der Waals surface area contributed by atoms with E-state index in [9.17, 15) is 0 Å². The van der Waals surface area contributed by atoms with Crippen molar-refractivity contribution in [2.45, 2.75) is 33.8 Å². The minimum atomic E-state index is 0.289. The van der Waals surface area contributed by atoms with Gasteiger partial charge in [0.05, 0.1) is 19.3 Å². The number of benzene rings is 1. The summed E-state index contributed by atoms with van der Waals surface area (Å²) in [6.07, 6.45) is 1.02. The first kappa shape index (κ1) is 14.5. The van der Waals surface area contributed by atoms with E-state index in [0.717, 1.165) is 18.6 Å².